The molecule has 0 bridgehead atoms. The maximum atomic E-state index is 12.0. The first kappa shape index (κ1) is 15.7. The van der Waals surface area contributed by atoms with Gasteiger partial charge in [0, 0.05) is 24.9 Å². The molecule has 1 aliphatic rings. The van der Waals surface area contributed by atoms with Crippen molar-refractivity contribution in [2.45, 2.75) is 25.8 Å². The fourth-order valence-electron chi connectivity index (χ4n) is 1.96. The van der Waals surface area contributed by atoms with Gasteiger partial charge in [-0.15, -0.1) is 0 Å². The number of carboxylic acids is 1. The zero-order chi connectivity index (χ0) is 13.8. The van der Waals surface area contributed by atoms with E-state index in [0.29, 0.717) is 18.6 Å². The number of hydrogen-bond donors (Lipinski definition) is 2. The van der Waals surface area contributed by atoms with Gasteiger partial charge in [-0.25, -0.2) is 0 Å². The fraction of sp³-hybridized carbons (Fsp3) is 0.900. The first-order valence-electron chi connectivity index (χ1n) is 5.86. The molecule has 0 aliphatic carbocycles. The van der Waals surface area contributed by atoms with E-state index >= 15 is 0 Å². The highest BCUT2D eigenvalue weighted by Crippen LogP contribution is 2.19. The van der Waals surface area contributed by atoms with E-state index in [1.165, 1.54) is 4.31 Å². The lowest BCUT2D eigenvalue weighted by Gasteiger charge is -2.30. The second-order valence-corrected chi connectivity index (χ2v) is 7.10. The first-order chi connectivity index (χ1) is 8.36. The molecule has 106 valence electrons. The Hall–Kier alpha value is -0.310. The van der Waals surface area contributed by atoms with Crippen molar-refractivity contribution in [2.24, 2.45) is 5.92 Å². The Balaban J connectivity index is 2.52. The molecule has 0 aromatic rings. The number of nitrogens with one attached hydrogen (secondary N) is 1. The van der Waals surface area contributed by atoms with Gasteiger partial charge in [-0.3, -0.25) is 4.79 Å². The summed E-state index contributed by atoms with van der Waals surface area (Å²) in [6, 6.07) is -0.123. The molecule has 0 aromatic heterocycles. The predicted molar refractivity (Wildman–Crippen MR) is 71.8 cm³/mol. The number of thioether (sulfide) groups is 1. The number of carbonyl (C=O) groups is 1. The Morgan fingerprint density at radius 1 is 1.50 bits per heavy atom. The Morgan fingerprint density at radius 2 is 2.06 bits per heavy atom. The summed E-state index contributed by atoms with van der Waals surface area (Å²) in [4.78, 5) is 10.8. The Morgan fingerprint density at radius 3 is 2.50 bits per heavy atom. The Labute approximate surface area is 112 Å². The van der Waals surface area contributed by atoms with Crippen LogP contribution < -0.4 is 4.72 Å². The van der Waals surface area contributed by atoms with Gasteiger partial charge < -0.3 is 5.11 Å². The number of carboxylic acid groups (broad SMARTS) is 1. The predicted octanol–water partition coefficient (Wildman–Crippen LogP) is 0.369. The molecule has 1 atom stereocenters. The number of piperidine rings is 1. The molecule has 0 radical (unpaired) electrons. The van der Waals surface area contributed by atoms with Crippen molar-refractivity contribution in [3.8, 4) is 0 Å². The Kier molecular flexibility index (Phi) is 5.90. The van der Waals surface area contributed by atoms with Crippen molar-refractivity contribution in [1.29, 1.82) is 0 Å². The van der Waals surface area contributed by atoms with Gasteiger partial charge in [0.1, 0.15) is 0 Å². The normalized spacial score (nSPS) is 20.8. The summed E-state index contributed by atoms with van der Waals surface area (Å²) < 4.78 is 27.9. The van der Waals surface area contributed by atoms with Gasteiger partial charge in [-0.1, -0.05) is 0 Å². The number of aliphatic carboxylic acids is 1. The molecule has 1 fully saturated rings. The lowest BCUT2D eigenvalue weighted by atomic mass is 9.99. The molecule has 8 heteroatoms. The van der Waals surface area contributed by atoms with Crippen LogP contribution in [0.5, 0.6) is 0 Å². The van der Waals surface area contributed by atoms with Crippen LogP contribution in [0.3, 0.4) is 0 Å². The summed E-state index contributed by atoms with van der Waals surface area (Å²) in [5, 5.41) is 8.86. The van der Waals surface area contributed by atoms with Gasteiger partial charge in [0.2, 0.25) is 0 Å². The van der Waals surface area contributed by atoms with E-state index in [1.54, 1.807) is 11.8 Å². The van der Waals surface area contributed by atoms with Crippen LogP contribution in [0.4, 0.5) is 0 Å². The van der Waals surface area contributed by atoms with Crippen molar-refractivity contribution in [3.63, 3.8) is 0 Å². The topological polar surface area (TPSA) is 86.7 Å². The highest BCUT2D eigenvalue weighted by atomic mass is 32.2. The maximum Gasteiger partial charge on any atom is 0.306 e. The van der Waals surface area contributed by atoms with Crippen LogP contribution in [-0.2, 0) is 15.0 Å². The third-order valence-electron chi connectivity index (χ3n) is 2.91. The highest BCUT2D eigenvalue weighted by molar-refractivity contribution is 7.98. The highest BCUT2D eigenvalue weighted by Gasteiger charge is 2.31. The molecule has 0 amide bonds. The van der Waals surface area contributed by atoms with Gasteiger partial charge in [0.25, 0.3) is 10.2 Å². The SMILES string of the molecule is CSCC(C)NS(=O)(=O)N1CCC(C(=O)O)CC1. The third-order valence-corrected chi connectivity index (χ3v) is 5.49. The lowest BCUT2D eigenvalue weighted by Crippen LogP contribution is -2.48. The molecular formula is C10H20N2O4S2. The van der Waals surface area contributed by atoms with E-state index in [2.05, 4.69) is 4.72 Å². The van der Waals surface area contributed by atoms with Gasteiger partial charge in [0.15, 0.2) is 0 Å². The maximum absolute atomic E-state index is 12.0. The van der Waals surface area contributed by atoms with E-state index in [1.807, 2.05) is 13.2 Å². The fourth-order valence-corrected chi connectivity index (χ4v) is 4.08. The molecule has 0 spiro atoms. The first-order valence-corrected chi connectivity index (χ1v) is 8.69. The number of nitrogens with zero attached hydrogens (tertiary/aromatic N) is 1. The monoisotopic (exact) mass is 296 g/mol. The van der Waals surface area contributed by atoms with E-state index in [-0.39, 0.29) is 19.1 Å². The van der Waals surface area contributed by atoms with Crippen LogP contribution in [0, 0.1) is 5.92 Å². The van der Waals surface area contributed by atoms with Crippen LogP contribution in [0.25, 0.3) is 0 Å². The molecule has 1 rings (SSSR count). The molecule has 1 heterocycles. The molecule has 1 unspecified atom stereocenters. The van der Waals surface area contributed by atoms with Crippen molar-refractivity contribution < 1.29 is 18.3 Å². The quantitative estimate of drug-likeness (QED) is 0.739. The molecule has 2 N–H and O–H groups in total. The average Bonchev–Trinajstić information content (AvgIpc) is 2.28. The van der Waals surface area contributed by atoms with Crippen molar-refractivity contribution in [2.75, 3.05) is 25.1 Å². The van der Waals surface area contributed by atoms with Crippen molar-refractivity contribution in [3.05, 3.63) is 0 Å². The second-order valence-electron chi connectivity index (χ2n) is 4.49. The van der Waals surface area contributed by atoms with Crippen LogP contribution in [0.15, 0.2) is 0 Å². The summed E-state index contributed by atoms with van der Waals surface area (Å²) in [5.74, 6) is -0.541. The van der Waals surface area contributed by atoms with Gasteiger partial charge in [0.05, 0.1) is 5.92 Å². The molecule has 6 nitrogen and oxygen atoms in total. The van der Waals surface area contributed by atoms with E-state index in [4.69, 9.17) is 5.11 Å². The molecule has 1 saturated heterocycles. The second kappa shape index (κ2) is 6.74. The lowest BCUT2D eigenvalue weighted by molar-refractivity contribution is -0.142. The van der Waals surface area contributed by atoms with Crippen LogP contribution in [0.1, 0.15) is 19.8 Å². The van der Waals surface area contributed by atoms with Crippen LogP contribution >= 0.6 is 11.8 Å². The van der Waals surface area contributed by atoms with Gasteiger partial charge >= 0.3 is 5.97 Å². The minimum atomic E-state index is -3.48. The van der Waals surface area contributed by atoms with Crippen LogP contribution in [-0.4, -0.2) is 54.9 Å². The summed E-state index contributed by atoms with van der Waals surface area (Å²) in [7, 11) is -3.48. The van der Waals surface area contributed by atoms with Crippen LogP contribution in [0.2, 0.25) is 0 Å². The van der Waals surface area contributed by atoms with Gasteiger partial charge in [-0.05, 0) is 26.0 Å². The van der Waals surface area contributed by atoms with Crippen molar-refractivity contribution in [1.82, 2.24) is 9.03 Å². The number of hydrogen-bond acceptors (Lipinski definition) is 4. The zero-order valence-electron chi connectivity index (χ0n) is 10.6. The molecule has 0 saturated carbocycles. The summed E-state index contributed by atoms with van der Waals surface area (Å²) in [6.07, 6.45) is 2.68. The van der Waals surface area contributed by atoms with Gasteiger partial charge in [-0.2, -0.15) is 29.2 Å². The molecule has 0 aromatic carbocycles. The zero-order valence-corrected chi connectivity index (χ0v) is 12.3. The largest absolute Gasteiger partial charge is 0.481 e. The van der Waals surface area contributed by atoms with E-state index in [0.717, 1.165) is 0 Å². The van der Waals surface area contributed by atoms with Crippen molar-refractivity contribution >= 4 is 27.9 Å². The summed E-state index contributed by atoms with van der Waals surface area (Å²) >= 11 is 1.58. The van der Waals surface area contributed by atoms with E-state index in [9.17, 15) is 13.2 Å². The molecular weight excluding hydrogens is 276 g/mol. The third kappa shape index (κ3) is 4.42. The Bertz CT molecular complexity index is 377. The van der Waals surface area contributed by atoms with E-state index < -0.39 is 22.1 Å². The minimum Gasteiger partial charge on any atom is -0.481 e. The summed E-state index contributed by atoms with van der Waals surface area (Å²) in [6.45, 7) is 2.37. The molecule has 1 aliphatic heterocycles. The smallest absolute Gasteiger partial charge is 0.306 e. The number of rotatable bonds is 6. The minimum absolute atomic E-state index is 0.123. The average molecular weight is 296 g/mol. The standard InChI is InChI=1S/C10H20N2O4S2/c1-8(7-17-2)11-18(15,16)12-5-3-9(4-6-12)10(13)14/h8-9,11H,3-7H2,1-2H3,(H,13,14). The summed E-state index contributed by atoms with van der Waals surface area (Å²) in [5.41, 5.74) is 0. The molecule has 18 heavy (non-hydrogen) atoms.